The Balaban J connectivity index is 1.91. The van der Waals surface area contributed by atoms with Crippen LogP contribution in [0.15, 0.2) is 29.2 Å². The lowest BCUT2D eigenvalue weighted by molar-refractivity contribution is 0.173. The molecular formula is C15H21NO3S. The minimum atomic E-state index is -3.41. The molecule has 0 amide bonds. The van der Waals surface area contributed by atoms with Gasteiger partial charge >= 0.3 is 0 Å². The number of aliphatic hydroxyl groups excluding tert-OH is 1. The van der Waals surface area contributed by atoms with Crippen molar-refractivity contribution in [3.63, 3.8) is 0 Å². The van der Waals surface area contributed by atoms with Crippen molar-refractivity contribution in [3.05, 3.63) is 29.8 Å². The maximum absolute atomic E-state index is 12.7. The second-order valence-electron chi connectivity index (χ2n) is 5.90. The molecule has 1 aromatic carbocycles. The maximum atomic E-state index is 12.7. The number of sulfonamides is 1. The van der Waals surface area contributed by atoms with Gasteiger partial charge in [-0.1, -0.05) is 19.1 Å². The zero-order valence-corrected chi connectivity index (χ0v) is 12.5. The minimum Gasteiger partial charge on any atom is -0.388 e. The van der Waals surface area contributed by atoms with Crippen LogP contribution in [0.2, 0.25) is 0 Å². The zero-order chi connectivity index (χ0) is 14.3. The fraction of sp³-hybridized carbons (Fsp3) is 0.600. The zero-order valence-electron chi connectivity index (χ0n) is 11.7. The summed E-state index contributed by atoms with van der Waals surface area (Å²) < 4.78 is 27.1. The second kappa shape index (κ2) is 5.13. The first kappa shape index (κ1) is 14.0. The highest BCUT2D eigenvalue weighted by Crippen LogP contribution is 2.40. The summed E-state index contributed by atoms with van der Waals surface area (Å²) in [7, 11) is -3.41. The standard InChI is InChI=1S/C15H21NO3S/c1-2-15(17)12-4-3-5-14(9-12)20(18,19)16-10-11-6-7-13(16)8-11/h3-5,9,11,13,15,17H,2,6-8,10H2,1H3. The van der Waals surface area contributed by atoms with Gasteiger partial charge in [0.15, 0.2) is 0 Å². The fourth-order valence-electron chi connectivity index (χ4n) is 3.43. The third kappa shape index (κ3) is 2.28. The predicted molar refractivity (Wildman–Crippen MR) is 76.7 cm³/mol. The molecule has 3 unspecified atom stereocenters. The van der Waals surface area contributed by atoms with Crippen LogP contribution >= 0.6 is 0 Å². The number of hydrogen-bond donors (Lipinski definition) is 1. The smallest absolute Gasteiger partial charge is 0.243 e. The van der Waals surface area contributed by atoms with E-state index in [1.165, 1.54) is 0 Å². The van der Waals surface area contributed by atoms with Crippen LogP contribution in [0.3, 0.4) is 0 Å². The van der Waals surface area contributed by atoms with Crippen molar-refractivity contribution >= 4 is 10.0 Å². The van der Waals surface area contributed by atoms with E-state index in [0.717, 1.165) is 19.3 Å². The average molecular weight is 295 g/mol. The van der Waals surface area contributed by atoms with Crippen LogP contribution in [0, 0.1) is 5.92 Å². The molecule has 2 fully saturated rings. The number of fused-ring (bicyclic) bond motifs is 2. The van der Waals surface area contributed by atoms with Crippen LogP contribution in [-0.2, 0) is 10.0 Å². The van der Waals surface area contributed by atoms with E-state index in [1.807, 2.05) is 6.92 Å². The molecule has 1 aliphatic heterocycles. The van der Waals surface area contributed by atoms with Gasteiger partial charge in [0.2, 0.25) is 10.0 Å². The Morgan fingerprint density at radius 3 is 2.80 bits per heavy atom. The maximum Gasteiger partial charge on any atom is 0.243 e. The molecule has 20 heavy (non-hydrogen) atoms. The fourth-order valence-corrected chi connectivity index (χ4v) is 5.22. The highest BCUT2D eigenvalue weighted by molar-refractivity contribution is 7.89. The van der Waals surface area contributed by atoms with Gasteiger partial charge in [0.05, 0.1) is 11.0 Å². The van der Waals surface area contributed by atoms with Crippen LogP contribution in [0.5, 0.6) is 0 Å². The largest absolute Gasteiger partial charge is 0.388 e. The van der Waals surface area contributed by atoms with E-state index in [-0.39, 0.29) is 6.04 Å². The van der Waals surface area contributed by atoms with Gasteiger partial charge in [0, 0.05) is 12.6 Å². The van der Waals surface area contributed by atoms with Crippen molar-refractivity contribution in [1.82, 2.24) is 4.31 Å². The Bertz CT molecular complexity index is 599. The summed E-state index contributed by atoms with van der Waals surface area (Å²) in [6, 6.07) is 6.94. The molecule has 0 radical (unpaired) electrons. The summed E-state index contributed by atoms with van der Waals surface area (Å²) in [4.78, 5) is 0.315. The first-order valence-electron chi connectivity index (χ1n) is 7.32. The summed E-state index contributed by atoms with van der Waals surface area (Å²) in [6.45, 7) is 2.54. The Labute approximate surface area is 120 Å². The highest BCUT2D eigenvalue weighted by atomic mass is 32.2. The number of hydrogen-bond acceptors (Lipinski definition) is 3. The van der Waals surface area contributed by atoms with Crippen LogP contribution in [0.4, 0.5) is 0 Å². The van der Waals surface area contributed by atoms with Gasteiger partial charge in [0.1, 0.15) is 0 Å². The van der Waals surface area contributed by atoms with Crippen molar-refractivity contribution in [2.75, 3.05) is 6.54 Å². The van der Waals surface area contributed by atoms with Gasteiger partial charge in [-0.2, -0.15) is 4.31 Å². The molecule has 110 valence electrons. The molecule has 1 aliphatic carbocycles. The van der Waals surface area contributed by atoms with Gasteiger partial charge < -0.3 is 5.11 Å². The molecule has 3 rings (SSSR count). The summed E-state index contributed by atoms with van der Waals surface area (Å²) in [5.74, 6) is 0.541. The lowest BCUT2D eigenvalue weighted by atomic mass is 10.1. The molecule has 0 aromatic heterocycles. The third-order valence-corrected chi connectivity index (χ3v) is 6.51. The van der Waals surface area contributed by atoms with Crippen molar-refractivity contribution in [2.45, 2.75) is 49.6 Å². The number of benzene rings is 1. The molecule has 0 spiro atoms. The van der Waals surface area contributed by atoms with E-state index < -0.39 is 16.1 Å². The molecule has 1 N–H and O–H groups in total. The SMILES string of the molecule is CCC(O)c1cccc(S(=O)(=O)N2CC3CCC2C3)c1. The van der Waals surface area contributed by atoms with Gasteiger partial charge in [-0.3, -0.25) is 0 Å². The van der Waals surface area contributed by atoms with Gasteiger partial charge in [-0.05, 0) is 49.3 Å². The highest BCUT2D eigenvalue weighted by Gasteiger charge is 2.44. The number of piperidine rings is 1. The van der Waals surface area contributed by atoms with Crippen molar-refractivity contribution < 1.29 is 13.5 Å². The first-order valence-corrected chi connectivity index (χ1v) is 8.76. The van der Waals surface area contributed by atoms with E-state index in [2.05, 4.69) is 0 Å². The van der Waals surface area contributed by atoms with Crippen LogP contribution in [-0.4, -0.2) is 30.4 Å². The number of aliphatic hydroxyl groups is 1. The topological polar surface area (TPSA) is 57.6 Å². The van der Waals surface area contributed by atoms with Crippen LogP contribution in [0.25, 0.3) is 0 Å². The third-order valence-electron chi connectivity index (χ3n) is 4.60. The predicted octanol–water partition coefficient (Wildman–Crippen LogP) is 2.30. The van der Waals surface area contributed by atoms with Crippen molar-refractivity contribution in [2.24, 2.45) is 5.92 Å². The van der Waals surface area contributed by atoms with Crippen LogP contribution in [0.1, 0.15) is 44.3 Å². The monoisotopic (exact) mass is 295 g/mol. The molecular weight excluding hydrogens is 274 g/mol. The quantitative estimate of drug-likeness (QED) is 0.927. The Hall–Kier alpha value is -0.910. The van der Waals surface area contributed by atoms with Gasteiger partial charge in [0.25, 0.3) is 0 Å². The first-order chi connectivity index (χ1) is 9.52. The summed E-state index contributed by atoms with van der Waals surface area (Å²) >= 11 is 0. The molecule has 3 atom stereocenters. The lowest BCUT2D eigenvalue weighted by Crippen LogP contribution is -2.37. The van der Waals surface area contributed by atoms with E-state index in [1.54, 1.807) is 28.6 Å². The van der Waals surface area contributed by atoms with E-state index in [0.29, 0.717) is 29.3 Å². The Morgan fingerprint density at radius 1 is 1.40 bits per heavy atom. The second-order valence-corrected chi connectivity index (χ2v) is 7.79. The van der Waals surface area contributed by atoms with Crippen molar-refractivity contribution in [3.8, 4) is 0 Å². The van der Waals surface area contributed by atoms with E-state index >= 15 is 0 Å². The molecule has 5 heteroatoms. The van der Waals surface area contributed by atoms with Gasteiger partial charge in [-0.15, -0.1) is 0 Å². The average Bonchev–Trinajstić information content (AvgIpc) is 3.09. The summed E-state index contributed by atoms with van der Waals surface area (Å²) in [5.41, 5.74) is 0.679. The van der Waals surface area contributed by atoms with Crippen molar-refractivity contribution in [1.29, 1.82) is 0 Å². The molecule has 2 bridgehead atoms. The molecule has 1 heterocycles. The summed E-state index contributed by atoms with van der Waals surface area (Å²) in [6.07, 6.45) is 3.14. The van der Waals surface area contributed by atoms with Crippen LogP contribution < -0.4 is 0 Å². The normalized spacial score (nSPS) is 27.9. The number of nitrogens with zero attached hydrogens (tertiary/aromatic N) is 1. The Morgan fingerprint density at radius 2 is 2.20 bits per heavy atom. The minimum absolute atomic E-state index is 0.185. The number of rotatable bonds is 4. The van der Waals surface area contributed by atoms with E-state index in [4.69, 9.17) is 0 Å². The summed E-state index contributed by atoms with van der Waals surface area (Å²) in [5, 5.41) is 9.88. The molecule has 2 aliphatic rings. The Kier molecular flexibility index (Phi) is 3.60. The molecule has 4 nitrogen and oxygen atoms in total. The van der Waals surface area contributed by atoms with Gasteiger partial charge in [-0.25, -0.2) is 8.42 Å². The molecule has 1 saturated heterocycles. The lowest BCUT2D eigenvalue weighted by Gasteiger charge is -2.26. The molecule has 1 saturated carbocycles. The molecule has 1 aromatic rings. The van der Waals surface area contributed by atoms with E-state index in [9.17, 15) is 13.5 Å².